The Balaban J connectivity index is 1.99. The van der Waals surface area contributed by atoms with Crippen molar-refractivity contribution >= 4 is 0 Å². The molecule has 0 amide bonds. The van der Waals surface area contributed by atoms with Gasteiger partial charge in [0.1, 0.15) is 5.82 Å². The monoisotopic (exact) mass is 207 g/mol. The van der Waals surface area contributed by atoms with Crippen molar-refractivity contribution in [2.45, 2.75) is 45.6 Å². The van der Waals surface area contributed by atoms with E-state index in [4.69, 9.17) is 0 Å². The predicted octanol–water partition coefficient (Wildman–Crippen LogP) is 2.42. The van der Waals surface area contributed by atoms with Crippen LogP contribution in [0.15, 0.2) is 6.20 Å². The van der Waals surface area contributed by atoms with Crippen molar-refractivity contribution in [3.05, 3.63) is 17.7 Å². The molecule has 15 heavy (non-hydrogen) atoms. The van der Waals surface area contributed by atoms with E-state index < -0.39 is 0 Å². The lowest BCUT2D eigenvalue weighted by Gasteiger charge is -2.21. The van der Waals surface area contributed by atoms with Crippen molar-refractivity contribution in [1.82, 2.24) is 15.3 Å². The van der Waals surface area contributed by atoms with E-state index in [1.807, 2.05) is 6.20 Å². The van der Waals surface area contributed by atoms with E-state index in [0.29, 0.717) is 12.0 Å². The first-order valence-corrected chi connectivity index (χ1v) is 6.03. The van der Waals surface area contributed by atoms with Crippen molar-refractivity contribution in [2.75, 3.05) is 6.54 Å². The van der Waals surface area contributed by atoms with E-state index in [2.05, 4.69) is 29.1 Å². The maximum absolute atomic E-state index is 4.47. The number of rotatable bonds is 3. The molecule has 2 heterocycles. The van der Waals surface area contributed by atoms with Gasteiger partial charge in [-0.1, -0.05) is 20.3 Å². The van der Waals surface area contributed by atoms with Gasteiger partial charge in [0, 0.05) is 11.9 Å². The fourth-order valence-electron chi connectivity index (χ4n) is 2.18. The Morgan fingerprint density at radius 1 is 1.47 bits per heavy atom. The summed E-state index contributed by atoms with van der Waals surface area (Å²) in [6.45, 7) is 5.60. The molecule has 1 aliphatic rings. The Morgan fingerprint density at radius 2 is 2.33 bits per heavy atom. The number of aromatic nitrogens is 2. The largest absolute Gasteiger partial charge is 0.345 e. The van der Waals surface area contributed by atoms with Crippen LogP contribution >= 0.6 is 0 Å². The Labute approximate surface area is 91.7 Å². The summed E-state index contributed by atoms with van der Waals surface area (Å²) >= 11 is 0. The third-order valence-electron chi connectivity index (χ3n) is 2.92. The van der Waals surface area contributed by atoms with Crippen LogP contribution in [0.25, 0.3) is 0 Å². The molecule has 1 atom stereocenters. The lowest BCUT2D eigenvalue weighted by Crippen LogP contribution is -2.27. The molecule has 1 saturated heterocycles. The SMILES string of the molecule is CC(C)Cc1cnc(C2CCCCN2)[nH]1. The maximum Gasteiger partial charge on any atom is 0.123 e. The highest BCUT2D eigenvalue weighted by Gasteiger charge is 2.17. The van der Waals surface area contributed by atoms with Crippen LogP contribution in [0.4, 0.5) is 0 Å². The van der Waals surface area contributed by atoms with E-state index in [0.717, 1.165) is 18.8 Å². The molecule has 0 aliphatic carbocycles. The van der Waals surface area contributed by atoms with E-state index in [1.165, 1.54) is 25.0 Å². The zero-order valence-corrected chi connectivity index (χ0v) is 9.71. The number of nitrogens with zero attached hydrogens (tertiary/aromatic N) is 1. The molecule has 0 aromatic carbocycles. The molecular weight excluding hydrogens is 186 g/mol. The van der Waals surface area contributed by atoms with Gasteiger partial charge in [0.25, 0.3) is 0 Å². The van der Waals surface area contributed by atoms with E-state index in [-0.39, 0.29) is 0 Å². The number of hydrogen-bond donors (Lipinski definition) is 2. The number of imidazole rings is 1. The number of piperidine rings is 1. The summed E-state index contributed by atoms with van der Waals surface area (Å²) in [6, 6.07) is 0.458. The topological polar surface area (TPSA) is 40.7 Å². The van der Waals surface area contributed by atoms with Gasteiger partial charge >= 0.3 is 0 Å². The van der Waals surface area contributed by atoms with Gasteiger partial charge in [-0.2, -0.15) is 0 Å². The van der Waals surface area contributed by atoms with Gasteiger partial charge in [0.15, 0.2) is 0 Å². The summed E-state index contributed by atoms with van der Waals surface area (Å²) in [7, 11) is 0. The highest BCUT2D eigenvalue weighted by atomic mass is 15.0. The summed E-state index contributed by atoms with van der Waals surface area (Å²) in [6.07, 6.45) is 6.92. The Bertz CT molecular complexity index is 298. The van der Waals surface area contributed by atoms with Gasteiger partial charge in [0.2, 0.25) is 0 Å². The second kappa shape index (κ2) is 4.79. The van der Waals surface area contributed by atoms with Crippen LogP contribution in [-0.2, 0) is 6.42 Å². The first-order chi connectivity index (χ1) is 7.25. The van der Waals surface area contributed by atoms with Gasteiger partial charge in [-0.05, 0) is 31.7 Å². The van der Waals surface area contributed by atoms with Crippen molar-refractivity contribution in [2.24, 2.45) is 5.92 Å². The third kappa shape index (κ3) is 2.81. The van der Waals surface area contributed by atoms with Gasteiger partial charge < -0.3 is 10.3 Å². The number of hydrogen-bond acceptors (Lipinski definition) is 2. The molecule has 1 unspecified atom stereocenters. The molecule has 0 bridgehead atoms. The van der Waals surface area contributed by atoms with Crippen LogP contribution < -0.4 is 5.32 Å². The highest BCUT2D eigenvalue weighted by molar-refractivity contribution is 5.06. The van der Waals surface area contributed by atoms with Gasteiger partial charge in [-0.15, -0.1) is 0 Å². The minimum atomic E-state index is 0.458. The van der Waals surface area contributed by atoms with Crippen molar-refractivity contribution in [3.8, 4) is 0 Å². The van der Waals surface area contributed by atoms with Crippen molar-refractivity contribution in [1.29, 1.82) is 0 Å². The summed E-state index contributed by atoms with van der Waals surface area (Å²) < 4.78 is 0. The molecular formula is C12H21N3. The second-order valence-electron chi connectivity index (χ2n) is 4.89. The second-order valence-corrected chi connectivity index (χ2v) is 4.89. The van der Waals surface area contributed by atoms with Crippen LogP contribution in [-0.4, -0.2) is 16.5 Å². The zero-order valence-electron chi connectivity index (χ0n) is 9.71. The summed E-state index contributed by atoms with van der Waals surface area (Å²) in [5.74, 6) is 1.82. The Kier molecular flexibility index (Phi) is 3.41. The smallest absolute Gasteiger partial charge is 0.123 e. The molecule has 1 aromatic rings. The van der Waals surface area contributed by atoms with Crippen LogP contribution in [0.3, 0.4) is 0 Å². The van der Waals surface area contributed by atoms with E-state index >= 15 is 0 Å². The number of nitrogens with one attached hydrogen (secondary N) is 2. The maximum atomic E-state index is 4.47. The molecule has 1 aliphatic heterocycles. The van der Waals surface area contributed by atoms with Gasteiger partial charge in [-0.3, -0.25) is 0 Å². The summed E-state index contributed by atoms with van der Waals surface area (Å²) in [5.41, 5.74) is 1.27. The summed E-state index contributed by atoms with van der Waals surface area (Å²) in [4.78, 5) is 7.92. The quantitative estimate of drug-likeness (QED) is 0.799. The molecule has 2 N–H and O–H groups in total. The highest BCUT2D eigenvalue weighted by Crippen LogP contribution is 2.20. The van der Waals surface area contributed by atoms with E-state index in [9.17, 15) is 0 Å². The zero-order chi connectivity index (χ0) is 10.7. The number of H-pyrrole nitrogens is 1. The average molecular weight is 207 g/mol. The molecule has 1 aromatic heterocycles. The van der Waals surface area contributed by atoms with Crippen LogP contribution in [0.1, 0.15) is 50.7 Å². The molecule has 2 rings (SSSR count). The molecule has 84 valence electrons. The minimum absolute atomic E-state index is 0.458. The molecule has 3 heteroatoms. The van der Waals surface area contributed by atoms with Gasteiger partial charge in [0.05, 0.1) is 6.04 Å². The Hall–Kier alpha value is -0.830. The predicted molar refractivity (Wildman–Crippen MR) is 61.7 cm³/mol. The molecule has 0 radical (unpaired) electrons. The van der Waals surface area contributed by atoms with Crippen LogP contribution in [0, 0.1) is 5.92 Å². The first-order valence-electron chi connectivity index (χ1n) is 6.03. The molecule has 0 spiro atoms. The van der Waals surface area contributed by atoms with Crippen molar-refractivity contribution in [3.63, 3.8) is 0 Å². The van der Waals surface area contributed by atoms with Gasteiger partial charge in [-0.25, -0.2) is 4.98 Å². The fraction of sp³-hybridized carbons (Fsp3) is 0.750. The normalized spacial score (nSPS) is 22.2. The Morgan fingerprint density at radius 3 is 3.00 bits per heavy atom. The summed E-state index contributed by atoms with van der Waals surface area (Å²) in [5, 5.41) is 3.51. The molecule has 0 saturated carbocycles. The van der Waals surface area contributed by atoms with Crippen molar-refractivity contribution < 1.29 is 0 Å². The lowest BCUT2D eigenvalue weighted by atomic mass is 10.0. The fourth-order valence-corrected chi connectivity index (χ4v) is 2.18. The minimum Gasteiger partial charge on any atom is -0.345 e. The lowest BCUT2D eigenvalue weighted by molar-refractivity contribution is 0.399. The van der Waals surface area contributed by atoms with Crippen LogP contribution in [0.5, 0.6) is 0 Å². The number of aromatic amines is 1. The van der Waals surface area contributed by atoms with Crippen LogP contribution in [0.2, 0.25) is 0 Å². The average Bonchev–Trinajstić information content (AvgIpc) is 2.67. The molecule has 1 fully saturated rings. The third-order valence-corrected chi connectivity index (χ3v) is 2.92. The first kappa shape index (κ1) is 10.7. The van der Waals surface area contributed by atoms with E-state index in [1.54, 1.807) is 0 Å². The standard InChI is InChI=1S/C12H21N3/c1-9(2)7-10-8-14-12(15-10)11-5-3-4-6-13-11/h8-9,11,13H,3-7H2,1-2H3,(H,14,15). The molecule has 3 nitrogen and oxygen atoms in total.